The van der Waals surface area contributed by atoms with Gasteiger partial charge in [0.25, 0.3) is 0 Å². The van der Waals surface area contributed by atoms with E-state index in [4.69, 9.17) is 9.25 Å². The summed E-state index contributed by atoms with van der Waals surface area (Å²) in [6.45, 7) is 6.99. The highest BCUT2D eigenvalue weighted by atomic mass is 16.6. The highest BCUT2D eigenvalue weighted by molar-refractivity contribution is 5.09. The monoisotopic (exact) mass is 183 g/mol. The number of nitrogens with one attached hydrogen (secondary N) is 1. The molecule has 0 saturated heterocycles. The first-order valence-corrected chi connectivity index (χ1v) is 4.59. The Morgan fingerprint density at radius 2 is 2.23 bits per heavy atom. The molecule has 1 aromatic rings. The average Bonchev–Trinajstić information content (AvgIpc) is 2.55. The number of rotatable bonds is 5. The molecule has 1 rings (SSSR count). The molecule has 0 radical (unpaired) electrons. The van der Waals surface area contributed by atoms with Crippen molar-refractivity contribution in [3.63, 3.8) is 0 Å². The molecule has 74 valence electrons. The minimum absolute atomic E-state index is 0.178. The van der Waals surface area contributed by atoms with Gasteiger partial charge in [-0.05, 0) is 18.9 Å². The molecule has 0 fully saturated rings. The summed E-state index contributed by atoms with van der Waals surface area (Å²) in [7, 11) is 0. The minimum Gasteiger partial charge on any atom is -0.472 e. The van der Waals surface area contributed by atoms with Gasteiger partial charge < -0.3 is 9.25 Å². The van der Waals surface area contributed by atoms with Crippen molar-refractivity contribution in [1.29, 1.82) is 0 Å². The fourth-order valence-electron chi connectivity index (χ4n) is 0.929. The summed E-state index contributed by atoms with van der Waals surface area (Å²) >= 11 is 0. The van der Waals surface area contributed by atoms with Crippen LogP contribution in [0.4, 0.5) is 0 Å². The second-order valence-electron chi connectivity index (χ2n) is 3.60. The second-order valence-corrected chi connectivity index (χ2v) is 3.60. The van der Waals surface area contributed by atoms with Crippen molar-refractivity contribution in [3.05, 3.63) is 24.2 Å². The first kappa shape index (κ1) is 10.3. The van der Waals surface area contributed by atoms with Crippen LogP contribution in [-0.4, -0.2) is 6.61 Å². The zero-order valence-corrected chi connectivity index (χ0v) is 8.41. The Kier molecular flexibility index (Phi) is 3.99. The zero-order valence-electron chi connectivity index (χ0n) is 8.41. The molecule has 3 nitrogen and oxygen atoms in total. The van der Waals surface area contributed by atoms with E-state index in [1.807, 2.05) is 13.0 Å². The third kappa shape index (κ3) is 3.61. The molecule has 0 aliphatic carbocycles. The van der Waals surface area contributed by atoms with E-state index in [1.54, 1.807) is 12.5 Å². The van der Waals surface area contributed by atoms with Gasteiger partial charge in [0.05, 0.1) is 25.2 Å². The van der Waals surface area contributed by atoms with Crippen molar-refractivity contribution in [1.82, 2.24) is 5.48 Å². The van der Waals surface area contributed by atoms with Gasteiger partial charge in [0.2, 0.25) is 0 Å². The van der Waals surface area contributed by atoms with Crippen LogP contribution in [0, 0.1) is 5.92 Å². The average molecular weight is 183 g/mol. The first-order valence-electron chi connectivity index (χ1n) is 4.59. The van der Waals surface area contributed by atoms with E-state index in [-0.39, 0.29) is 6.04 Å². The number of hydrogen-bond donors (Lipinski definition) is 1. The number of furan rings is 1. The fourth-order valence-corrected chi connectivity index (χ4v) is 0.929. The van der Waals surface area contributed by atoms with Crippen LogP contribution in [0.2, 0.25) is 0 Å². The molecule has 0 saturated carbocycles. The summed E-state index contributed by atoms with van der Waals surface area (Å²) in [4.78, 5) is 5.29. The molecule has 0 bridgehead atoms. The van der Waals surface area contributed by atoms with Gasteiger partial charge in [-0.15, -0.1) is 0 Å². The Morgan fingerprint density at radius 3 is 2.77 bits per heavy atom. The third-order valence-corrected chi connectivity index (χ3v) is 1.72. The minimum atomic E-state index is 0.178. The van der Waals surface area contributed by atoms with Crippen molar-refractivity contribution in [3.8, 4) is 0 Å². The van der Waals surface area contributed by atoms with E-state index in [1.165, 1.54) is 0 Å². The summed E-state index contributed by atoms with van der Waals surface area (Å²) in [5.74, 6) is 0.545. The summed E-state index contributed by atoms with van der Waals surface area (Å²) in [6, 6.07) is 2.11. The van der Waals surface area contributed by atoms with Gasteiger partial charge in [0.1, 0.15) is 0 Å². The van der Waals surface area contributed by atoms with Crippen molar-refractivity contribution >= 4 is 0 Å². The SMILES string of the molecule is CC(C)CONC(C)c1ccoc1. The van der Waals surface area contributed by atoms with Gasteiger partial charge in [-0.3, -0.25) is 0 Å². The van der Waals surface area contributed by atoms with Crippen LogP contribution in [0.5, 0.6) is 0 Å². The maximum absolute atomic E-state index is 5.29. The quantitative estimate of drug-likeness (QED) is 0.712. The van der Waals surface area contributed by atoms with Crippen LogP contribution in [-0.2, 0) is 4.84 Å². The lowest BCUT2D eigenvalue weighted by Gasteiger charge is -2.12. The lowest BCUT2D eigenvalue weighted by molar-refractivity contribution is 0.00399. The van der Waals surface area contributed by atoms with Crippen molar-refractivity contribution < 1.29 is 9.25 Å². The summed E-state index contributed by atoms with van der Waals surface area (Å²) in [5.41, 5.74) is 4.06. The third-order valence-electron chi connectivity index (χ3n) is 1.72. The molecule has 1 atom stereocenters. The largest absolute Gasteiger partial charge is 0.472 e. The van der Waals surface area contributed by atoms with E-state index in [9.17, 15) is 0 Å². The standard InChI is InChI=1S/C10H17NO2/c1-8(2)6-13-11-9(3)10-4-5-12-7-10/h4-5,7-9,11H,6H2,1-3H3. The highest BCUT2D eigenvalue weighted by Gasteiger charge is 2.05. The van der Waals surface area contributed by atoms with E-state index in [0.717, 1.165) is 12.2 Å². The molecule has 1 heterocycles. The molecule has 0 aliphatic heterocycles. The van der Waals surface area contributed by atoms with Crippen LogP contribution >= 0.6 is 0 Å². The van der Waals surface area contributed by atoms with Gasteiger partial charge in [-0.2, -0.15) is 5.48 Å². The van der Waals surface area contributed by atoms with Crippen molar-refractivity contribution in [2.45, 2.75) is 26.8 Å². The van der Waals surface area contributed by atoms with Gasteiger partial charge in [-0.25, -0.2) is 0 Å². The lowest BCUT2D eigenvalue weighted by atomic mass is 10.2. The summed E-state index contributed by atoms with van der Waals surface area (Å²) in [6.07, 6.45) is 3.38. The van der Waals surface area contributed by atoms with Crippen LogP contribution in [0.25, 0.3) is 0 Å². The predicted molar refractivity (Wildman–Crippen MR) is 51.0 cm³/mol. The molecule has 1 unspecified atom stereocenters. The zero-order chi connectivity index (χ0) is 9.68. The Hall–Kier alpha value is -0.800. The van der Waals surface area contributed by atoms with Crippen LogP contribution in [0.1, 0.15) is 32.4 Å². The first-order chi connectivity index (χ1) is 6.20. The van der Waals surface area contributed by atoms with Gasteiger partial charge in [0.15, 0.2) is 0 Å². The molecule has 0 aromatic carbocycles. The van der Waals surface area contributed by atoms with Crippen LogP contribution in [0.15, 0.2) is 23.0 Å². The van der Waals surface area contributed by atoms with E-state index >= 15 is 0 Å². The lowest BCUT2D eigenvalue weighted by Crippen LogP contribution is -2.21. The Balaban J connectivity index is 2.22. The molecule has 1 N–H and O–H groups in total. The maximum Gasteiger partial charge on any atom is 0.0951 e. The topological polar surface area (TPSA) is 34.4 Å². The summed E-state index contributed by atoms with van der Waals surface area (Å²) in [5, 5.41) is 0. The van der Waals surface area contributed by atoms with Crippen LogP contribution < -0.4 is 5.48 Å². The molecule has 1 aromatic heterocycles. The molecule has 0 amide bonds. The predicted octanol–water partition coefficient (Wildman–Crippen LogP) is 2.52. The second kappa shape index (κ2) is 5.04. The maximum atomic E-state index is 5.29. The number of hydrogen-bond acceptors (Lipinski definition) is 3. The summed E-state index contributed by atoms with van der Waals surface area (Å²) < 4.78 is 4.97. The van der Waals surface area contributed by atoms with Gasteiger partial charge in [-0.1, -0.05) is 13.8 Å². The van der Waals surface area contributed by atoms with Crippen molar-refractivity contribution in [2.24, 2.45) is 5.92 Å². The number of hydroxylamine groups is 1. The highest BCUT2D eigenvalue weighted by Crippen LogP contribution is 2.11. The molecule has 0 spiro atoms. The van der Waals surface area contributed by atoms with Crippen LogP contribution in [0.3, 0.4) is 0 Å². The molecule has 3 heteroatoms. The Morgan fingerprint density at radius 1 is 1.46 bits per heavy atom. The normalized spacial score (nSPS) is 13.5. The molecule has 13 heavy (non-hydrogen) atoms. The molecular weight excluding hydrogens is 166 g/mol. The van der Waals surface area contributed by atoms with E-state index in [0.29, 0.717) is 5.92 Å². The van der Waals surface area contributed by atoms with Crippen molar-refractivity contribution in [2.75, 3.05) is 6.61 Å². The molecular formula is C10H17NO2. The van der Waals surface area contributed by atoms with Gasteiger partial charge in [0, 0.05) is 5.56 Å². The van der Waals surface area contributed by atoms with Gasteiger partial charge >= 0.3 is 0 Å². The molecule has 0 aliphatic rings. The van der Waals surface area contributed by atoms with E-state index in [2.05, 4.69) is 19.3 Å². The fraction of sp³-hybridized carbons (Fsp3) is 0.600. The Labute approximate surface area is 79.0 Å². The van der Waals surface area contributed by atoms with E-state index < -0.39 is 0 Å². The smallest absolute Gasteiger partial charge is 0.0951 e. The Bertz CT molecular complexity index is 219.